The third-order valence-electron chi connectivity index (χ3n) is 4.41. The van der Waals surface area contributed by atoms with Crippen LogP contribution >= 0.6 is 11.6 Å². The fraction of sp³-hybridized carbons (Fsp3) is 0.211. The maximum Gasteiger partial charge on any atom is 0.332 e. The predicted molar refractivity (Wildman–Crippen MR) is 96.6 cm³/mol. The third kappa shape index (κ3) is 2.92. The fourth-order valence-corrected chi connectivity index (χ4v) is 3.20. The number of hydrogen-bond donors (Lipinski definition) is 1. The third-order valence-corrected chi connectivity index (χ3v) is 4.89. The van der Waals surface area contributed by atoms with Gasteiger partial charge in [-0.1, -0.05) is 41.9 Å². The normalized spacial score (nSPS) is 16.9. The smallest absolute Gasteiger partial charge is 0.332 e. The van der Waals surface area contributed by atoms with Crippen molar-refractivity contribution >= 4 is 29.2 Å². The number of imide groups is 1. The van der Waals surface area contributed by atoms with Crippen molar-refractivity contribution in [2.45, 2.75) is 19.5 Å². The van der Waals surface area contributed by atoms with E-state index in [1.807, 2.05) is 36.4 Å². The Kier molecular flexibility index (Phi) is 4.94. The molecule has 26 heavy (non-hydrogen) atoms. The lowest BCUT2D eigenvalue weighted by Crippen LogP contribution is -2.37. The summed E-state index contributed by atoms with van der Waals surface area (Å²) in [6.07, 6.45) is 0. The molecule has 0 aliphatic carbocycles. The van der Waals surface area contributed by atoms with Gasteiger partial charge in [0.15, 0.2) is 0 Å². The van der Waals surface area contributed by atoms with E-state index in [4.69, 9.17) is 16.9 Å². The molecule has 132 valence electrons. The van der Waals surface area contributed by atoms with Crippen LogP contribution in [0, 0.1) is 18.3 Å². The summed E-state index contributed by atoms with van der Waals surface area (Å²) in [7, 11) is 0. The van der Waals surface area contributed by atoms with Crippen LogP contribution in [0.4, 0.5) is 10.5 Å². The van der Waals surface area contributed by atoms with Gasteiger partial charge in [0.25, 0.3) is 5.91 Å². The van der Waals surface area contributed by atoms with Gasteiger partial charge in [0.1, 0.15) is 12.1 Å². The van der Waals surface area contributed by atoms with Crippen molar-refractivity contribution in [3.63, 3.8) is 0 Å². The molecule has 2 aromatic carbocycles. The Bertz CT molecular complexity index is 908. The molecule has 2 aromatic rings. The molecule has 0 radical (unpaired) electrons. The van der Waals surface area contributed by atoms with Crippen molar-refractivity contribution in [1.82, 2.24) is 4.90 Å². The highest BCUT2D eigenvalue weighted by Gasteiger charge is 2.46. The number of aliphatic hydroxyl groups is 1. The van der Waals surface area contributed by atoms with E-state index in [9.17, 15) is 14.7 Å². The number of rotatable bonds is 4. The van der Waals surface area contributed by atoms with Crippen LogP contribution < -0.4 is 4.90 Å². The zero-order valence-corrected chi connectivity index (χ0v) is 14.8. The average molecular weight is 370 g/mol. The number of nitriles is 1. The van der Waals surface area contributed by atoms with Crippen molar-refractivity contribution < 1.29 is 14.7 Å². The van der Waals surface area contributed by atoms with Gasteiger partial charge in [0.05, 0.1) is 22.9 Å². The molecular formula is C19H16ClN3O3. The second-order valence-corrected chi connectivity index (χ2v) is 6.33. The predicted octanol–water partition coefficient (Wildman–Crippen LogP) is 2.85. The molecule has 1 aliphatic heterocycles. The van der Waals surface area contributed by atoms with Crippen LogP contribution in [0.15, 0.2) is 42.5 Å². The Morgan fingerprint density at radius 2 is 1.88 bits per heavy atom. The van der Waals surface area contributed by atoms with Crippen molar-refractivity contribution in [3.05, 3.63) is 64.2 Å². The summed E-state index contributed by atoms with van der Waals surface area (Å²) >= 11 is 6.17. The van der Waals surface area contributed by atoms with Gasteiger partial charge < -0.3 is 10.0 Å². The maximum atomic E-state index is 12.9. The van der Waals surface area contributed by atoms with E-state index in [0.717, 1.165) is 10.5 Å². The molecule has 1 unspecified atom stereocenters. The van der Waals surface area contributed by atoms with Gasteiger partial charge in [-0.2, -0.15) is 5.26 Å². The van der Waals surface area contributed by atoms with E-state index in [0.29, 0.717) is 11.3 Å². The summed E-state index contributed by atoms with van der Waals surface area (Å²) in [5.41, 5.74) is 1.90. The summed E-state index contributed by atoms with van der Waals surface area (Å²) in [4.78, 5) is 28.0. The van der Waals surface area contributed by atoms with Crippen LogP contribution in [-0.4, -0.2) is 34.6 Å². The molecule has 1 aliphatic rings. The Balaban J connectivity index is 1.99. The second-order valence-electron chi connectivity index (χ2n) is 5.95. The van der Waals surface area contributed by atoms with E-state index in [-0.39, 0.29) is 17.1 Å². The highest BCUT2D eigenvalue weighted by Crippen LogP contribution is 2.34. The summed E-state index contributed by atoms with van der Waals surface area (Å²) in [6.45, 7) is 1.38. The van der Waals surface area contributed by atoms with Gasteiger partial charge in [0.2, 0.25) is 0 Å². The number of aliphatic hydroxyl groups excluding tert-OH is 1. The number of hydrogen-bond acceptors (Lipinski definition) is 4. The highest BCUT2D eigenvalue weighted by molar-refractivity contribution is 6.33. The van der Waals surface area contributed by atoms with E-state index in [1.54, 1.807) is 6.92 Å². The van der Waals surface area contributed by atoms with Crippen molar-refractivity contribution in [2.75, 3.05) is 11.5 Å². The molecule has 3 amide bonds. The van der Waals surface area contributed by atoms with Gasteiger partial charge in [0, 0.05) is 6.54 Å². The van der Waals surface area contributed by atoms with Crippen molar-refractivity contribution in [3.8, 4) is 6.07 Å². The van der Waals surface area contributed by atoms with Crippen LogP contribution in [0.2, 0.25) is 5.02 Å². The molecule has 3 rings (SSSR count). The molecule has 1 fully saturated rings. The zero-order valence-electron chi connectivity index (χ0n) is 14.0. The molecule has 0 saturated carbocycles. The molecule has 0 aromatic heterocycles. The Morgan fingerprint density at radius 1 is 1.19 bits per heavy atom. The fourth-order valence-electron chi connectivity index (χ4n) is 3.00. The number of halogens is 1. The van der Waals surface area contributed by atoms with E-state index >= 15 is 0 Å². The number of benzene rings is 2. The lowest BCUT2D eigenvalue weighted by Gasteiger charge is -2.21. The Hall–Kier alpha value is -2.88. The lowest BCUT2D eigenvalue weighted by molar-refractivity contribution is -0.120. The Morgan fingerprint density at radius 3 is 2.50 bits per heavy atom. The van der Waals surface area contributed by atoms with Crippen LogP contribution in [-0.2, 0) is 11.3 Å². The first-order chi connectivity index (χ1) is 12.5. The molecule has 6 nitrogen and oxygen atoms in total. The van der Waals surface area contributed by atoms with Gasteiger partial charge in [-0.3, -0.25) is 4.79 Å². The summed E-state index contributed by atoms with van der Waals surface area (Å²) in [6, 6.07) is 12.7. The molecule has 0 spiro atoms. The average Bonchev–Trinajstić information content (AvgIpc) is 2.88. The molecule has 1 saturated heterocycles. The molecule has 1 atom stereocenters. The monoisotopic (exact) mass is 369 g/mol. The first-order valence-electron chi connectivity index (χ1n) is 7.98. The van der Waals surface area contributed by atoms with E-state index in [1.165, 1.54) is 17.0 Å². The van der Waals surface area contributed by atoms with Crippen molar-refractivity contribution in [2.24, 2.45) is 0 Å². The SMILES string of the molecule is Cc1c(N2C(=O)C(CO)N(Cc3ccccc3)C2=O)ccc(C#N)c1Cl. The quantitative estimate of drug-likeness (QED) is 0.840. The summed E-state index contributed by atoms with van der Waals surface area (Å²) in [5.74, 6) is -0.516. The minimum Gasteiger partial charge on any atom is -0.394 e. The summed E-state index contributed by atoms with van der Waals surface area (Å²) < 4.78 is 0. The van der Waals surface area contributed by atoms with E-state index < -0.39 is 24.6 Å². The minimum absolute atomic E-state index is 0.202. The number of anilines is 1. The van der Waals surface area contributed by atoms with Gasteiger partial charge in [-0.25, -0.2) is 9.69 Å². The zero-order chi connectivity index (χ0) is 18.8. The van der Waals surface area contributed by atoms with Crippen LogP contribution in [0.1, 0.15) is 16.7 Å². The van der Waals surface area contributed by atoms with Gasteiger partial charge >= 0.3 is 6.03 Å². The lowest BCUT2D eigenvalue weighted by atomic mass is 10.1. The minimum atomic E-state index is -0.962. The molecule has 1 N–H and O–H groups in total. The van der Waals surface area contributed by atoms with E-state index in [2.05, 4.69) is 0 Å². The maximum absolute atomic E-state index is 12.9. The van der Waals surface area contributed by atoms with Gasteiger partial charge in [-0.05, 0) is 30.2 Å². The molecular weight excluding hydrogens is 354 g/mol. The highest BCUT2D eigenvalue weighted by atomic mass is 35.5. The van der Waals surface area contributed by atoms with Crippen LogP contribution in [0.5, 0.6) is 0 Å². The molecule has 0 bridgehead atoms. The molecule has 1 heterocycles. The van der Waals surface area contributed by atoms with Crippen LogP contribution in [0.3, 0.4) is 0 Å². The van der Waals surface area contributed by atoms with Crippen LogP contribution in [0.25, 0.3) is 0 Å². The topological polar surface area (TPSA) is 84.6 Å². The second kappa shape index (κ2) is 7.16. The largest absolute Gasteiger partial charge is 0.394 e. The summed E-state index contributed by atoms with van der Waals surface area (Å²) in [5, 5.41) is 18.9. The number of nitrogens with zero attached hydrogens (tertiary/aromatic N) is 3. The molecule has 7 heteroatoms. The first kappa shape index (κ1) is 17.9. The van der Waals surface area contributed by atoms with Crippen molar-refractivity contribution in [1.29, 1.82) is 5.26 Å². The number of carbonyl (C=O) groups is 2. The Labute approximate surface area is 155 Å². The first-order valence-corrected chi connectivity index (χ1v) is 8.36. The number of urea groups is 1. The standard InChI is InChI=1S/C19H16ClN3O3/c1-12-15(8-7-14(9-21)17(12)20)23-18(25)16(11-24)22(19(23)26)10-13-5-3-2-4-6-13/h2-8,16,24H,10-11H2,1H3. The van der Waals surface area contributed by atoms with Gasteiger partial charge in [-0.15, -0.1) is 0 Å². The number of amides is 3. The number of carbonyl (C=O) groups excluding carboxylic acids is 2.